The lowest BCUT2D eigenvalue weighted by atomic mass is 10.2. The van der Waals surface area contributed by atoms with Gasteiger partial charge in [0.25, 0.3) is 5.69 Å². The third-order valence-electron chi connectivity index (χ3n) is 1.69. The first kappa shape index (κ1) is 12.2. The van der Waals surface area contributed by atoms with Crippen LogP contribution < -0.4 is 0 Å². The maximum Gasteiger partial charge on any atom is 0.251 e. The summed E-state index contributed by atoms with van der Waals surface area (Å²) in [6.45, 7) is 2.05. The molecule has 0 N–H and O–H groups in total. The summed E-state index contributed by atoms with van der Waals surface area (Å²) in [5, 5.41) is 0. The average molecular weight is 248 g/mol. The highest BCUT2D eigenvalue weighted by molar-refractivity contribution is 8.67. The highest BCUT2D eigenvalue weighted by Gasteiger charge is 2.16. The molecule has 5 heteroatoms. The first-order chi connectivity index (χ1) is 6.59. The number of aryl methyl sites for hydroxylation is 1. The van der Waals surface area contributed by atoms with Crippen molar-refractivity contribution in [2.24, 2.45) is 0 Å². The van der Waals surface area contributed by atoms with Crippen LogP contribution >= 0.6 is 17.1 Å². The molecule has 1 aromatic carbocycles. The van der Waals surface area contributed by atoms with Gasteiger partial charge in [0, 0.05) is 19.1 Å². The standard InChI is InChI=1S/C9H13O2PS2/c1-8-4-6-9(7-5-8)14-12(13,10-2)11-3/h4-7H,1-3H3. The summed E-state index contributed by atoms with van der Waals surface area (Å²) in [6.07, 6.45) is 0. The van der Waals surface area contributed by atoms with Crippen LogP contribution in [0.25, 0.3) is 0 Å². The molecule has 0 fully saturated rings. The smallest absolute Gasteiger partial charge is 0.251 e. The van der Waals surface area contributed by atoms with E-state index in [1.165, 1.54) is 16.9 Å². The third-order valence-corrected chi connectivity index (χ3v) is 7.05. The highest BCUT2D eigenvalue weighted by Crippen LogP contribution is 2.62. The van der Waals surface area contributed by atoms with E-state index >= 15 is 0 Å². The van der Waals surface area contributed by atoms with Crippen LogP contribution in [0, 0.1) is 6.92 Å². The lowest BCUT2D eigenvalue weighted by molar-refractivity contribution is 0.354. The number of benzene rings is 1. The van der Waals surface area contributed by atoms with Gasteiger partial charge in [0.05, 0.1) is 0 Å². The van der Waals surface area contributed by atoms with E-state index in [0.29, 0.717) is 0 Å². The quantitative estimate of drug-likeness (QED) is 0.757. The Morgan fingerprint density at radius 1 is 1.14 bits per heavy atom. The Balaban J connectivity index is 2.78. The molecule has 0 saturated carbocycles. The molecule has 0 spiro atoms. The van der Waals surface area contributed by atoms with Gasteiger partial charge in [-0.05, 0) is 42.2 Å². The van der Waals surface area contributed by atoms with Crippen molar-refractivity contribution in [2.75, 3.05) is 14.2 Å². The van der Waals surface area contributed by atoms with E-state index in [1.54, 1.807) is 14.2 Å². The van der Waals surface area contributed by atoms with Crippen LogP contribution in [0.4, 0.5) is 0 Å². The van der Waals surface area contributed by atoms with Crippen LogP contribution in [0.1, 0.15) is 5.56 Å². The minimum absolute atomic E-state index is 1.09. The van der Waals surface area contributed by atoms with Gasteiger partial charge in [0.2, 0.25) is 0 Å². The van der Waals surface area contributed by atoms with E-state index in [1.807, 2.05) is 24.3 Å². The second-order valence-electron chi connectivity index (χ2n) is 2.72. The zero-order chi connectivity index (χ0) is 10.6. The second-order valence-corrected chi connectivity index (χ2v) is 9.12. The van der Waals surface area contributed by atoms with Crippen molar-refractivity contribution in [3.05, 3.63) is 29.8 Å². The fraction of sp³-hybridized carbons (Fsp3) is 0.333. The summed E-state index contributed by atoms with van der Waals surface area (Å²) in [5.41, 5.74) is -0.934. The van der Waals surface area contributed by atoms with Gasteiger partial charge in [0.1, 0.15) is 0 Å². The Hall–Kier alpha value is 0.140. The summed E-state index contributed by atoms with van der Waals surface area (Å²) in [7, 11) is 3.18. The monoisotopic (exact) mass is 248 g/mol. The third kappa shape index (κ3) is 3.37. The zero-order valence-electron chi connectivity index (χ0n) is 8.39. The number of rotatable bonds is 4. The Morgan fingerprint density at radius 3 is 2.07 bits per heavy atom. The minimum atomic E-state index is -2.17. The molecule has 1 aromatic rings. The SMILES string of the molecule is COP(=S)(OC)Sc1ccc(C)cc1. The van der Waals surface area contributed by atoms with E-state index in [9.17, 15) is 0 Å². The highest BCUT2D eigenvalue weighted by atomic mass is 32.9. The summed E-state index contributed by atoms with van der Waals surface area (Å²) in [6, 6.07) is 8.15. The van der Waals surface area contributed by atoms with Crippen LogP contribution in [0.15, 0.2) is 29.2 Å². The van der Waals surface area contributed by atoms with Crippen molar-refractivity contribution in [1.29, 1.82) is 0 Å². The first-order valence-electron chi connectivity index (χ1n) is 4.07. The number of hydrogen-bond acceptors (Lipinski definition) is 4. The van der Waals surface area contributed by atoms with E-state index < -0.39 is 5.69 Å². The zero-order valence-corrected chi connectivity index (χ0v) is 10.9. The Morgan fingerprint density at radius 2 is 1.64 bits per heavy atom. The van der Waals surface area contributed by atoms with E-state index in [2.05, 4.69) is 6.92 Å². The maximum atomic E-state index is 5.25. The van der Waals surface area contributed by atoms with Gasteiger partial charge < -0.3 is 9.05 Å². The summed E-state index contributed by atoms with van der Waals surface area (Å²) in [5.74, 6) is 0. The van der Waals surface area contributed by atoms with Crippen LogP contribution in [-0.2, 0) is 20.9 Å². The molecular weight excluding hydrogens is 235 g/mol. The molecule has 0 atom stereocenters. The molecular formula is C9H13O2PS2. The molecule has 0 heterocycles. The molecule has 0 aromatic heterocycles. The van der Waals surface area contributed by atoms with Gasteiger partial charge in [-0.3, -0.25) is 0 Å². The lowest BCUT2D eigenvalue weighted by Crippen LogP contribution is -1.83. The van der Waals surface area contributed by atoms with Crippen molar-refractivity contribution in [3.8, 4) is 0 Å². The normalized spacial score (nSPS) is 11.6. The molecule has 0 saturated heterocycles. The van der Waals surface area contributed by atoms with Gasteiger partial charge in [-0.1, -0.05) is 17.7 Å². The van der Waals surface area contributed by atoms with Gasteiger partial charge in [-0.2, -0.15) is 0 Å². The average Bonchev–Trinajstić information content (AvgIpc) is 2.21. The van der Waals surface area contributed by atoms with Crippen LogP contribution in [-0.4, -0.2) is 14.2 Å². The van der Waals surface area contributed by atoms with Crippen molar-refractivity contribution < 1.29 is 9.05 Å². The van der Waals surface area contributed by atoms with Crippen molar-refractivity contribution in [3.63, 3.8) is 0 Å². The predicted molar refractivity (Wildman–Crippen MR) is 65.3 cm³/mol. The van der Waals surface area contributed by atoms with Gasteiger partial charge >= 0.3 is 0 Å². The molecule has 0 radical (unpaired) electrons. The first-order valence-corrected chi connectivity index (χ1v) is 8.13. The topological polar surface area (TPSA) is 18.5 Å². The lowest BCUT2D eigenvalue weighted by Gasteiger charge is -2.16. The van der Waals surface area contributed by atoms with Gasteiger partial charge in [0.15, 0.2) is 0 Å². The fourth-order valence-electron chi connectivity index (χ4n) is 0.877. The number of hydrogen-bond donors (Lipinski definition) is 0. The van der Waals surface area contributed by atoms with E-state index in [0.717, 1.165) is 4.90 Å². The Labute approximate surface area is 93.9 Å². The van der Waals surface area contributed by atoms with Crippen molar-refractivity contribution >= 4 is 28.9 Å². The fourth-order valence-corrected chi connectivity index (χ4v) is 4.05. The van der Waals surface area contributed by atoms with Crippen molar-refractivity contribution in [1.82, 2.24) is 0 Å². The molecule has 0 amide bonds. The molecule has 2 nitrogen and oxygen atoms in total. The molecule has 0 aliphatic heterocycles. The van der Waals surface area contributed by atoms with E-state index in [4.69, 9.17) is 20.9 Å². The minimum Gasteiger partial charge on any atom is -0.325 e. The molecule has 1 rings (SSSR count). The summed E-state index contributed by atoms with van der Waals surface area (Å²) >= 11 is 6.73. The van der Waals surface area contributed by atoms with Gasteiger partial charge in [-0.25, -0.2) is 0 Å². The molecule has 0 aliphatic carbocycles. The maximum absolute atomic E-state index is 5.25. The molecule has 78 valence electrons. The summed E-state index contributed by atoms with van der Waals surface area (Å²) in [4.78, 5) is 1.09. The van der Waals surface area contributed by atoms with E-state index in [-0.39, 0.29) is 0 Å². The molecule has 14 heavy (non-hydrogen) atoms. The Kier molecular flexibility index (Phi) is 4.61. The van der Waals surface area contributed by atoms with Gasteiger partial charge in [-0.15, -0.1) is 0 Å². The molecule has 0 unspecified atom stereocenters. The largest absolute Gasteiger partial charge is 0.325 e. The summed E-state index contributed by atoms with van der Waals surface area (Å²) < 4.78 is 10.4. The van der Waals surface area contributed by atoms with Crippen molar-refractivity contribution in [2.45, 2.75) is 11.8 Å². The molecule has 0 bridgehead atoms. The molecule has 0 aliphatic rings. The van der Waals surface area contributed by atoms with Crippen LogP contribution in [0.5, 0.6) is 0 Å². The van der Waals surface area contributed by atoms with Crippen LogP contribution in [0.2, 0.25) is 0 Å². The van der Waals surface area contributed by atoms with Crippen LogP contribution in [0.3, 0.4) is 0 Å². The Bertz CT molecular complexity index is 329. The second kappa shape index (κ2) is 5.29. The predicted octanol–water partition coefficient (Wildman–Crippen LogP) is 3.60.